The van der Waals surface area contributed by atoms with Gasteiger partial charge >= 0.3 is 0 Å². The van der Waals surface area contributed by atoms with Gasteiger partial charge in [0, 0.05) is 0 Å². The molecule has 0 amide bonds. The Balaban J connectivity index is 2.66. The van der Waals surface area contributed by atoms with Crippen LogP contribution in [0.2, 0.25) is 0 Å². The fraction of sp³-hybridized carbons (Fsp3) is 1.00. The fourth-order valence-electron chi connectivity index (χ4n) is 1.06. The SMILES string of the molecule is CC1CCC1S(=O)(=O)[O-]. The first-order chi connectivity index (χ1) is 4.02. The van der Waals surface area contributed by atoms with Crippen molar-refractivity contribution in [1.29, 1.82) is 0 Å². The highest BCUT2D eigenvalue weighted by Crippen LogP contribution is 2.31. The zero-order valence-corrected chi connectivity index (χ0v) is 6.02. The highest BCUT2D eigenvalue weighted by Gasteiger charge is 2.31. The Morgan fingerprint density at radius 3 is 2.00 bits per heavy atom. The Morgan fingerprint density at radius 2 is 2.00 bits per heavy atom. The van der Waals surface area contributed by atoms with Gasteiger partial charge in [0.05, 0.1) is 15.4 Å². The van der Waals surface area contributed by atoms with Crippen LogP contribution in [0.3, 0.4) is 0 Å². The molecule has 0 aromatic heterocycles. The predicted molar refractivity (Wildman–Crippen MR) is 31.9 cm³/mol. The van der Waals surface area contributed by atoms with E-state index in [1.54, 1.807) is 6.92 Å². The van der Waals surface area contributed by atoms with E-state index in [1.807, 2.05) is 0 Å². The second kappa shape index (κ2) is 1.95. The largest absolute Gasteiger partial charge is 0.748 e. The van der Waals surface area contributed by atoms with Crippen molar-refractivity contribution >= 4 is 10.1 Å². The lowest BCUT2D eigenvalue weighted by Gasteiger charge is -2.35. The molecule has 4 heteroatoms. The third-order valence-electron chi connectivity index (χ3n) is 1.91. The van der Waals surface area contributed by atoms with Crippen molar-refractivity contribution in [2.24, 2.45) is 5.92 Å². The van der Waals surface area contributed by atoms with Gasteiger partial charge in [0.2, 0.25) is 0 Å². The molecule has 0 saturated heterocycles. The van der Waals surface area contributed by atoms with Gasteiger partial charge in [-0.3, -0.25) is 0 Å². The van der Waals surface area contributed by atoms with E-state index in [-0.39, 0.29) is 5.92 Å². The van der Waals surface area contributed by atoms with E-state index in [0.717, 1.165) is 6.42 Å². The molecule has 1 rings (SSSR count). The normalized spacial score (nSPS) is 35.8. The van der Waals surface area contributed by atoms with Crippen molar-refractivity contribution in [2.75, 3.05) is 0 Å². The molecular formula is C5H9O3S-. The van der Waals surface area contributed by atoms with Crippen LogP contribution in [-0.2, 0) is 10.1 Å². The predicted octanol–water partition coefficient (Wildman–Crippen LogP) is 0.330. The second-order valence-electron chi connectivity index (χ2n) is 2.59. The molecule has 2 unspecified atom stereocenters. The van der Waals surface area contributed by atoms with Crippen LogP contribution in [-0.4, -0.2) is 18.2 Å². The highest BCUT2D eigenvalue weighted by molar-refractivity contribution is 7.86. The van der Waals surface area contributed by atoms with Crippen LogP contribution in [0.4, 0.5) is 0 Å². The Hall–Kier alpha value is -0.0900. The van der Waals surface area contributed by atoms with Gasteiger partial charge in [-0.15, -0.1) is 0 Å². The van der Waals surface area contributed by atoms with Crippen LogP contribution in [0.15, 0.2) is 0 Å². The summed E-state index contributed by atoms with van der Waals surface area (Å²) in [5, 5.41) is -0.586. The Kier molecular flexibility index (Phi) is 1.52. The summed E-state index contributed by atoms with van der Waals surface area (Å²) in [6.07, 6.45) is 1.44. The minimum absolute atomic E-state index is 0.0903. The van der Waals surface area contributed by atoms with E-state index >= 15 is 0 Å². The van der Waals surface area contributed by atoms with E-state index < -0.39 is 15.4 Å². The maximum absolute atomic E-state index is 10.3. The van der Waals surface area contributed by atoms with Crippen molar-refractivity contribution in [1.82, 2.24) is 0 Å². The Labute approximate surface area is 54.8 Å². The first kappa shape index (κ1) is 7.02. The van der Waals surface area contributed by atoms with Crippen LogP contribution in [0.1, 0.15) is 19.8 Å². The van der Waals surface area contributed by atoms with Crippen molar-refractivity contribution in [3.05, 3.63) is 0 Å². The van der Waals surface area contributed by atoms with E-state index in [1.165, 1.54) is 0 Å². The standard InChI is InChI=1S/C5H10O3S/c1-4-2-3-5(4)9(6,7)8/h4-5H,2-3H2,1H3,(H,6,7,8)/p-1. The van der Waals surface area contributed by atoms with Crippen molar-refractivity contribution in [2.45, 2.75) is 25.0 Å². The summed E-state index contributed by atoms with van der Waals surface area (Å²) in [5.74, 6) is 0.0903. The molecule has 0 radical (unpaired) electrons. The van der Waals surface area contributed by atoms with Crippen LogP contribution >= 0.6 is 0 Å². The molecule has 9 heavy (non-hydrogen) atoms. The molecule has 0 aliphatic heterocycles. The molecule has 0 heterocycles. The molecule has 0 N–H and O–H groups in total. The molecule has 54 valence electrons. The first-order valence-electron chi connectivity index (χ1n) is 2.96. The minimum Gasteiger partial charge on any atom is -0.748 e. The summed E-state index contributed by atoms with van der Waals surface area (Å²) in [6.45, 7) is 1.80. The van der Waals surface area contributed by atoms with Crippen molar-refractivity contribution < 1.29 is 13.0 Å². The summed E-state index contributed by atoms with van der Waals surface area (Å²) in [6, 6.07) is 0. The van der Waals surface area contributed by atoms with Crippen LogP contribution in [0.5, 0.6) is 0 Å². The third-order valence-corrected chi connectivity index (χ3v) is 3.35. The van der Waals surface area contributed by atoms with Crippen LogP contribution < -0.4 is 0 Å². The summed E-state index contributed by atoms with van der Waals surface area (Å²) in [5.41, 5.74) is 0. The van der Waals surface area contributed by atoms with Crippen LogP contribution in [0, 0.1) is 5.92 Å². The molecule has 1 aliphatic rings. The molecule has 0 spiro atoms. The monoisotopic (exact) mass is 149 g/mol. The van der Waals surface area contributed by atoms with Crippen molar-refractivity contribution in [3.8, 4) is 0 Å². The average Bonchev–Trinajstić information content (AvgIpc) is 1.57. The van der Waals surface area contributed by atoms with Gasteiger partial charge in [-0.2, -0.15) is 0 Å². The minimum atomic E-state index is -3.97. The number of hydrogen-bond acceptors (Lipinski definition) is 3. The molecule has 0 aromatic rings. The van der Waals surface area contributed by atoms with E-state index in [4.69, 9.17) is 0 Å². The van der Waals surface area contributed by atoms with E-state index in [2.05, 4.69) is 0 Å². The van der Waals surface area contributed by atoms with Crippen molar-refractivity contribution in [3.63, 3.8) is 0 Å². The molecule has 1 fully saturated rings. The van der Waals surface area contributed by atoms with Crippen LogP contribution in [0.25, 0.3) is 0 Å². The van der Waals surface area contributed by atoms with Gasteiger partial charge < -0.3 is 4.55 Å². The lowest BCUT2D eigenvalue weighted by molar-refractivity contribution is 0.316. The zero-order chi connectivity index (χ0) is 7.07. The molecule has 0 aromatic carbocycles. The average molecular weight is 149 g/mol. The smallest absolute Gasteiger partial charge is 0.0978 e. The summed E-state index contributed by atoms with van der Waals surface area (Å²) < 4.78 is 30.8. The van der Waals surface area contributed by atoms with Gasteiger partial charge in [0.1, 0.15) is 0 Å². The molecule has 1 saturated carbocycles. The van der Waals surface area contributed by atoms with E-state index in [9.17, 15) is 13.0 Å². The third kappa shape index (κ3) is 1.24. The summed E-state index contributed by atoms with van der Waals surface area (Å²) in [4.78, 5) is 0. The molecule has 1 aliphatic carbocycles. The van der Waals surface area contributed by atoms with Gasteiger partial charge in [-0.05, 0) is 18.8 Å². The van der Waals surface area contributed by atoms with Gasteiger partial charge in [0.15, 0.2) is 0 Å². The Morgan fingerprint density at radius 1 is 1.44 bits per heavy atom. The molecule has 3 nitrogen and oxygen atoms in total. The van der Waals surface area contributed by atoms with Gasteiger partial charge in [0.25, 0.3) is 0 Å². The Bertz CT molecular complexity index is 194. The van der Waals surface area contributed by atoms with E-state index in [0.29, 0.717) is 6.42 Å². The number of hydrogen-bond donors (Lipinski definition) is 0. The first-order valence-corrected chi connectivity index (χ1v) is 4.43. The molecule has 2 atom stereocenters. The maximum atomic E-state index is 10.3. The lowest BCUT2D eigenvalue weighted by atomic mass is 9.87. The van der Waals surface area contributed by atoms with Gasteiger partial charge in [-0.25, -0.2) is 8.42 Å². The van der Waals surface area contributed by atoms with Gasteiger partial charge in [-0.1, -0.05) is 6.92 Å². The number of rotatable bonds is 1. The summed E-state index contributed by atoms with van der Waals surface area (Å²) in [7, 11) is -3.97. The molecular weight excluding hydrogens is 140 g/mol. The summed E-state index contributed by atoms with van der Waals surface area (Å²) >= 11 is 0. The quantitative estimate of drug-likeness (QED) is 0.505. The maximum Gasteiger partial charge on any atom is 0.0978 e. The highest BCUT2D eigenvalue weighted by atomic mass is 32.2. The fourth-order valence-corrected chi connectivity index (χ4v) is 2.19. The molecule has 0 bridgehead atoms. The topological polar surface area (TPSA) is 57.2 Å². The second-order valence-corrected chi connectivity index (χ2v) is 4.18. The zero-order valence-electron chi connectivity index (χ0n) is 5.20. The lowest BCUT2D eigenvalue weighted by Crippen LogP contribution is -2.36.